The van der Waals surface area contributed by atoms with Crippen molar-refractivity contribution in [3.8, 4) is 0 Å². The number of nitrogens with one attached hydrogen (secondary N) is 1. The van der Waals surface area contributed by atoms with E-state index in [4.69, 9.17) is 0 Å². The summed E-state index contributed by atoms with van der Waals surface area (Å²) in [6.45, 7) is 3.76. The quantitative estimate of drug-likeness (QED) is 0.879. The molecule has 1 aromatic heterocycles. The molecule has 4 heteroatoms. The maximum absolute atomic E-state index is 12.1. The third kappa shape index (κ3) is 3.61. The normalized spacial score (nSPS) is 11.8. The number of para-hydroxylation sites is 1. The summed E-state index contributed by atoms with van der Waals surface area (Å²) in [5, 5.41) is 10.9. The number of aryl methyl sites for hydroxylation is 1. The lowest BCUT2D eigenvalue weighted by Gasteiger charge is -2.25. The SMILES string of the molecule is CN(CC(C)(C)O)C(=O)CCc1c[nH]c2ccccc12. The van der Waals surface area contributed by atoms with E-state index in [-0.39, 0.29) is 5.91 Å². The van der Waals surface area contributed by atoms with Gasteiger partial charge in [-0.1, -0.05) is 18.2 Å². The van der Waals surface area contributed by atoms with Crippen LogP contribution in [-0.4, -0.2) is 40.1 Å². The molecule has 0 atom stereocenters. The zero-order valence-electron chi connectivity index (χ0n) is 12.3. The first-order chi connectivity index (χ1) is 9.37. The molecule has 2 rings (SSSR count). The van der Waals surface area contributed by atoms with Gasteiger partial charge in [0.1, 0.15) is 0 Å². The highest BCUT2D eigenvalue weighted by Crippen LogP contribution is 2.19. The second-order valence-corrected chi connectivity index (χ2v) is 5.92. The van der Waals surface area contributed by atoms with Crippen LogP contribution in [0, 0.1) is 0 Å². The van der Waals surface area contributed by atoms with Gasteiger partial charge in [0.05, 0.1) is 5.60 Å². The van der Waals surface area contributed by atoms with Gasteiger partial charge in [0, 0.05) is 37.1 Å². The fourth-order valence-electron chi connectivity index (χ4n) is 2.44. The van der Waals surface area contributed by atoms with Gasteiger partial charge < -0.3 is 15.0 Å². The number of H-pyrrole nitrogens is 1. The van der Waals surface area contributed by atoms with Crippen LogP contribution in [0.3, 0.4) is 0 Å². The molecule has 2 aromatic rings. The number of nitrogens with zero attached hydrogens (tertiary/aromatic N) is 1. The van der Waals surface area contributed by atoms with Crippen LogP contribution in [0.25, 0.3) is 10.9 Å². The van der Waals surface area contributed by atoms with Crippen LogP contribution in [0.4, 0.5) is 0 Å². The number of carbonyl (C=O) groups excluding carboxylic acids is 1. The molecule has 0 saturated heterocycles. The van der Waals surface area contributed by atoms with E-state index < -0.39 is 5.60 Å². The van der Waals surface area contributed by atoms with Crippen LogP contribution in [0.15, 0.2) is 30.5 Å². The largest absolute Gasteiger partial charge is 0.389 e. The van der Waals surface area contributed by atoms with E-state index in [1.165, 1.54) is 5.39 Å². The lowest BCUT2D eigenvalue weighted by atomic mass is 10.1. The molecule has 4 nitrogen and oxygen atoms in total. The lowest BCUT2D eigenvalue weighted by Crippen LogP contribution is -2.39. The Morgan fingerprint density at radius 1 is 1.35 bits per heavy atom. The number of carbonyl (C=O) groups is 1. The maximum Gasteiger partial charge on any atom is 0.222 e. The average molecular weight is 274 g/mol. The summed E-state index contributed by atoms with van der Waals surface area (Å²) in [5.74, 6) is 0.0532. The number of hydrogen-bond donors (Lipinski definition) is 2. The number of benzene rings is 1. The zero-order valence-corrected chi connectivity index (χ0v) is 12.3. The van der Waals surface area contributed by atoms with E-state index in [9.17, 15) is 9.90 Å². The Balaban J connectivity index is 1.97. The summed E-state index contributed by atoms with van der Waals surface area (Å²) >= 11 is 0. The third-order valence-electron chi connectivity index (χ3n) is 3.33. The Labute approximate surface area is 119 Å². The Morgan fingerprint density at radius 3 is 2.75 bits per heavy atom. The highest BCUT2D eigenvalue weighted by molar-refractivity contribution is 5.84. The smallest absolute Gasteiger partial charge is 0.222 e. The van der Waals surface area contributed by atoms with E-state index in [2.05, 4.69) is 11.1 Å². The second-order valence-electron chi connectivity index (χ2n) is 5.92. The van der Waals surface area contributed by atoms with E-state index in [1.54, 1.807) is 25.8 Å². The molecule has 0 radical (unpaired) electrons. The minimum absolute atomic E-state index is 0.0532. The van der Waals surface area contributed by atoms with Crippen molar-refractivity contribution in [2.45, 2.75) is 32.3 Å². The Hall–Kier alpha value is -1.81. The van der Waals surface area contributed by atoms with Crippen molar-refractivity contribution in [1.29, 1.82) is 0 Å². The van der Waals surface area contributed by atoms with Crippen molar-refractivity contribution in [2.24, 2.45) is 0 Å². The number of rotatable bonds is 5. The minimum Gasteiger partial charge on any atom is -0.389 e. The van der Waals surface area contributed by atoms with Crippen LogP contribution in [0.5, 0.6) is 0 Å². The van der Waals surface area contributed by atoms with Gasteiger partial charge in [-0.25, -0.2) is 0 Å². The van der Waals surface area contributed by atoms with Crippen LogP contribution in [0.2, 0.25) is 0 Å². The topological polar surface area (TPSA) is 56.3 Å². The molecule has 0 spiro atoms. The van der Waals surface area contributed by atoms with Crippen molar-refractivity contribution in [1.82, 2.24) is 9.88 Å². The zero-order chi connectivity index (χ0) is 14.8. The predicted molar refractivity (Wildman–Crippen MR) is 80.6 cm³/mol. The van der Waals surface area contributed by atoms with Gasteiger partial charge in [-0.3, -0.25) is 4.79 Å². The molecule has 0 saturated carbocycles. The van der Waals surface area contributed by atoms with E-state index in [1.807, 2.05) is 24.4 Å². The van der Waals surface area contributed by atoms with Gasteiger partial charge in [0.25, 0.3) is 0 Å². The van der Waals surface area contributed by atoms with Gasteiger partial charge >= 0.3 is 0 Å². The highest BCUT2D eigenvalue weighted by atomic mass is 16.3. The molecule has 108 valence electrons. The summed E-state index contributed by atoms with van der Waals surface area (Å²) in [6, 6.07) is 8.08. The molecule has 1 heterocycles. The van der Waals surface area contributed by atoms with Crippen molar-refractivity contribution in [3.63, 3.8) is 0 Å². The Kier molecular flexibility index (Phi) is 4.14. The first-order valence-corrected chi connectivity index (χ1v) is 6.88. The van der Waals surface area contributed by atoms with E-state index in [0.29, 0.717) is 19.4 Å². The number of aliphatic hydroxyl groups is 1. The summed E-state index contributed by atoms with van der Waals surface area (Å²) in [5.41, 5.74) is 1.40. The van der Waals surface area contributed by atoms with E-state index in [0.717, 1.165) is 11.1 Å². The van der Waals surface area contributed by atoms with Gasteiger partial charge in [0.15, 0.2) is 0 Å². The molecule has 0 aliphatic heterocycles. The molecular formula is C16H22N2O2. The molecular weight excluding hydrogens is 252 g/mol. The summed E-state index contributed by atoms with van der Waals surface area (Å²) in [7, 11) is 1.73. The first kappa shape index (κ1) is 14.6. The summed E-state index contributed by atoms with van der Waals surface area (Å²) < 4.78 is 0. The number of hydrogen-bond acceptors (Lipinski definition) is 2. The molecule has 0 aliphatic rings. The van der Waals surface area contributed by atoms with E-state index >= 15 is 0 Å². The monoisotopic (exact) mass is 274 g/mol. The fraction of sp³-hybridized carbons (Fsp3) is 0.438. The molecule has 2 N–H and O–H groups in total. The molecule has 0 unspecified atom stereocenters. The maximum atomic E-state index is 12.1. The predicted octanol–water partition coefficient (Wildman–Crippen LogP) is 2.33. The van der Waals surface area contributed by atoms with Crippen LogP contribution >= 0.6 is 0 Å². The Bertz CT molecular complexity index is 596. The van der Waals surface area contributed by atoms with Crippen molar-refractivity contribution < 1.29 is 9.90 Å². The molecule has 0 aliphatic carbocycles. The average Bonchev–Trinajstić information content (AvgIpc) is 2.77. The number of amides is 1. The molecule has 1 aromatic carbocycles. The van der Waals surface area contributed by atoms with Gasteiger partial charge in [-0.15, -0.1) is 0 Å². The Morgan fingerprint density at radius 2 is 2.05 bits per heavy atom. The van der Waals surface area contributed by atoms with Crippen LogP contribution in [-0.2, 0) is 11.2 Å². The van der Waals surface area contributed by atoms with Gasteiger partial charge in [-0.05, 0) is 31.9 Å². The third-order valence-corrected chi connectivity index (χ3v) is 3.33. The van der Waals surface area contributed by atoms with Crippen molar-refractivity contribution in [2.75, 3.05) is 13.6 Å². The van der Waals surface area contributed by atoms with Crippen LogP contribution < -0.4 is 0 Å². The van der Waals surface area contributed by atoms with Crippen LogP contribution in [0.1, 0.15) is 25.8 Å². The number of aromatic nitrogens is 1. The van der Waals surface area contributed by atoms with Gasteiger partial charge in [-0.2, -0.15) is 0 Å². The van der Waals surface area contributed by atoms with Gasteiger partial charge in [0.2, 0.25) is 5.91 Å². The molecule has 1 amide bonds. The molecule has 0 bridgehead atoms. The summed E-state index contributed by atoms with van der Waals surface area (Å²) in [4.78, 5) is 16.9. The minimum atomic E-state index is -0.856. The summed E-state index contributed by atoms with van der Waals surface area (Å²) in [6.07, 6.45) is 3.13. The molecule has 20 heavy (non-hydrogen) atoms. The molecule has 0 fully saturated rings. The van der Waals surface area contributed by atoms with Crippen molar-refractivity contribution in [3.05, 3.63) is 36.0 Å². The standard InChI is InChI=1S/C16H22N2O2/c1-16(2,20)11-18(3)15(19)9-8-12-10-17-14-7-5-4-6-13(12)14/h4-7,10,17,20H,8-9,11H2,1-3H3. The number of likely N-dealkylation sites (N-methyl/N-ethyl adjacent to an activating group) is 1. The highest BCUT2D eigenvalue weighted by Gasteiger charge is 2.19. The first-order valence-electron chi connectivity index (χ1n) is 6.88. The fourth-order valence-corrected chi connectivity index (χ4v) is 2.44. The second kappa shape index (κ2) is 5.67. The number of fused-ring (bicyclic) bond motifs is 1. The lowest BCUT2D eigenvalue weighted by molar-refractivity contribution is -0.132. The number of aromatic amines is 1. The van der Waals surface area contributed by atoms with Crippen molar-refractivity contribution >= 4 is 16.8 Å².